The Morgan fingerprint density at radius 1 is 0.833 bits per heavy atom. The first kappa shape index (κ1) is 30.8. The molecule has 42 heavy (non-hydrogen) atoms. The number of rotatable bonds is 11. The highest BCUT2D eigenvalue weighted by atomic mass is 35.5. The molecule has 9 heteroatoms. The summed E-state index contributed by atoms with van der Waals surface area (Å²) in [5, 5.41) is 2.87. The van der Waals surface area contributed by atoms with Gasteiger partial charge in [0.15, 0.2) is 0 Å². The van der Waals surface area contributed by atoms with Gasteiger partial charge < -0.3 is 10.2 Å². The Balaban J connectivity index is 1.80. The lowest BCUT2D eigenvalue weighted by molar-refractivity contribution is -0.139. The third-order valence-electron chi connectivity index (χ3n) is 7.13. The average Bonchev–Trinajstić information content (AvgIpc) is 2.99. The van der Waals surface area contributed by atoms with Gasteiger partial charge in [0.2, 0.25) is 11.8 Å². The highest BCUT2D eigenvalue weighted by molar-refractivity contribution is 7.92. The highest BCUT2D eigenvalue weighted by Crippen LogP contribution is 2.31. The molecule has 0 fully saturated rings. The molecule has 2 amide bonds. The van der Waals surface area contributed by atoms with E-state index in [4.69, 9.17) is 11.6 Å². The number of likely N-dealkylation sites (N-methyl/N-ethyl adjacent to an activating group) is 1. The molecule has 1 N–H and O–H groups in total. The SMILES string of the molecule is CNC(=O)C(Cc1ccccc1)N(Cc1ccccc1C)C(=O)CN(c1ccccc1Cl)S(=O)(=O)c1ccc(C)cc1. The number of aryl methyl sites for hydroxylation is 2. The molecular weight excluding hydrogens is 570 g/mol. The first-order chi connectivity index (χ1) is 20.1. The smallest absolute Gasteiger partial charge is 0.264 e. The number of para-hydroxylation sites is 1. The fraction of sp³-hybridized carbons (Fsp3) is 0.212. The van der Waals surface area contributed by atoms with Crippen LogP contribution in [0.2, 0.25) is 5.02 Å². The monoisotopic (exact) mass is 603 g/mol. The highest BCUT2D eigenvalue weighted by Gasteiger charge is 2.35. The largest absolute Gasteiger partial charge is 0.357 e. The molecule has 0 aliphatic rings. The zero-order valence-electron chi connectivity index (χ0n) is 23.8. The molecule has 0 aliphatic heterocycles. The minimum atomic E-state index is -4.21. The zero-order valence-corrected chi connectivity index (χ0v) is 25.4. The van der Waals surface area contributed by atoms with E-state index in [9.17, 15) is 18.0 Å². The van der Waals surface area contributed by atoms with Crippen LogP contribution in [0.5, 0.6) is 0 Å². The van der Waals surface area contributed by atoms with Crippen molar-refractivity contribution in [3.8, 4) is 0 Å². The molecule has 4 aromatic carbocycles. The third-order valence-corrected chi connectivity index (χ3v) is 9.22. The summed E-state index contributed by atoms with van der Waals surface area (Å²) in [6.07, 6.45) is 0.245. The van der Waals surface area contributed by atoms with E-state index in [-0.39, 0.29) is 34.5 Å². The normalized spacial score (nSPS) is 11.9. The van der Waals surface area contributed by atoms with Crippen LogP contribution in [0.25, 0.3) is 0 Å². The summed E-state index contributed by atoms with van der Waals surface area (Å²) in [4.78, 5) is 29.2. The van der Waals surface area contributed by atoms with E-state index in [0.29, 0.717) is 0 Å². The number of sulfonamides is 1. The predicted molar refractivity (Wildman–Crippen MR) is 167 cm³/mol. The maximum Gasteiger partial charge on any atom is 0.264 e. The van der Waals surface area contributed by atoms with Gasteiger partial charge >= 0.3 is 0 Å². The van der Waals surface area contributed by atoms with Crippen molar-refractivity contribution in [1.29, 1.82) is 0 Å². The van der Waals surface area contributed by atoms with Crippen molar-refractivity contribution >= 4 is 39.1 Å². The lowest BCUT2D eigenvalue weighted by atomic mass is 10.0. The molecule has 1 atom stereocenters. The minimum absolute atomic E-state index is 0.0263. The van der Waals surface area contributed by atoms with Crippen LogP contribution in [0.1, 0.15) is 22.3 Å². The fourth-order valence-corrected chi connectivity index (χ4v) is 6.42. The molecule has 0 aliphatic carbocycles. The van der Waals surface area contributed by atoms with Crippen LogP contribution in [0.3, 0.4) is 0 Å². The van der Waals surface area contributed by atoms with Crippen molar-refractivity contribution < 1.29 is 18.0 Å². The molecule has 218 valence electrons. The van der Waals surface area contributed by atoms with E-state index in [1.54, 1.807) is 36.4 Å². The Hall–Kier alpha value is -4.14. The quantitative estimate of drug-likeness (QED) is 0.244. The van der Waals surface area contributed by atoms with E-state index in [1.165, 1.54) is 24.1 Å². The molecule has 4 rings (SSSR count). The summed E-state index contributed by atoms with van der Waals surface area (Å²) >= 11 is 6.50. The Morgan fingerprint density at radius 3 is 2.10 bits per heavy atom. The number of anilines is 1. The standard InChI is InChI=1S/C33H34ClN3O4S/c1-24-17-19-28(20-18-24)42(40,41)37(30-16-10-9-15-29(30)34)23-32(38)36(22-27-14-8-7-11-25(27)2)31(33(39)35-3)21-26-12-5-4-6-13-26/h4-20,31H,21-23H2,1-3H3,(H,35,39). The van der Waals surface area contributed by atoms with Crippen molar-refractivity contribution in [3.63, 3.8) is 0 Å². The number of benzene rings is 4. The molecule has 4 aromatic rings. The van der Waals surface area contributed by atoms with Gasteiger partial charge in [-0.3, -0.25) is 13.9 Å². The number of nitrogens with zero attached hydrogens (tertiary/aromatic N) is 2. The van der Waals surface area contributed by atoms with E-state index in [2.05, 4.69) is 5.32 Å². The van der Waals surface area contributed by atoms with Gasteiger partial charge in [-0.15, -0.1) is 0 Å². The minimum Gasteiger partial charge on any atom is -0.357 e. The molecule has 0 aromatic heterocycles. The molecule has 7 nitrogen and oxygen atoms in total. The van der Waals surface area contributed by atoms with Gasteiger partial charge in [0.1, 0.15) is 12.6 Å². The van der Waals surface area contributed by atoms with Crippen LogP contribution in [0.15, 0.2) is 108 Å². The molecular formula is C33H34ClN3O4S. The third kappa shape index (κ3) is 7.19. The molecule has 0 saturated heterocycles. The number of hydrogen-bond acceptors (Lipinski definition) is 4. The Bertz CT molecular complexity index is 1640. The summed E-state index contributed by atoms with van der Waals surface area (Å²) in [6, 6.07) is 29.0. The number of halogens is 1. The van der Waals surface area contributed by atoms with Crippen LogP contribution in [0, 0.1) is 13.8 Å². The second-order valence-electron chi connectivity index (χ2n) is 10.0. The molecule has 1 unspecified atom stereocenters. The van der Waals surface area contributed by atoms with Crippen LogP contribution >= 0.6 is 11.6 Å². The molecule has 0 heterocycles. The Morgan fingerprint density at radius 2 is 1.45 bits per heavy atom. The first-order valence-electron chi connectivity index (χ1n) is 13.5. The summed E-state index contributed by atoms with van der Waals surface area (Å²) in [6.45, 7) is 3.34. The van der Waals surface area contributed by atoms with Gasteiger partial charge in [0, 0.05) is 20.0 Å². The van der Waals surface area contributed by atoms with Gasteiger partial charge in [0.25, 0.3) is 10.0 Å². The molecule has 0 spiro atoms. The van der Waals surface area contributed by atoms with E-state index in [1.807, 2.05) is 68.4 Å². The first-order valence-corrected chi connectivity index (χ1v) is 15.4. The van der Waals surface area contributed by atoms with Crippen molar-refractivity contribution in [2.24, 2.45) is 0 Å². The Kier molecular flexibility index (Phi) is 10.0. The van der Waals surface area contributed by atoms with E-state index < -0.39 is 28.5 Å². The van der Waals surface area contributed by atoms with Crippen molar-refractivity contribution in [1.82, 2.24) is 10.2 Å². The maximum absolute atomic E-state index is 14.3. The molecule has 0 saturated carbocycles. The van der Waals surface area contributed by atoms with Gasteiger partial charge in [-0.1, -0.05) is 96.0 Å². The summed E-state index contributed by atoms with van der Waals surface area (Å²) in [7, 11) is -2.69. The van der Waals surface area contributed by atoms with Crippen LogP contribution < -0.4 is 9.62 Å². The van der Waals surface area contributed by atoms with Crippen LogP contribution in [-0.2, 0) is 32.6 Å². The second-order valence-corrected chi connectivity index (χ2v) is 12.3. The van der Waals surface area contributed by atoms with Gasteiger partial charge in [-0.2, -0.15) is 0 Å². The average molecular weight is 604 g/mol. The van der Waals surface area contributed by atoms with Crippen molar-refractivity contribution in [2.45, 2.75) is 37.8 Å². The fourth-order valence-electron chi connectivity index (χ4n) is 4.70. The maximum atomic E-state index is 14.3. The van der Waals surface area contributed by atoms with Crippen LogP contribution in [0.4, 0.5) is 5.69 Å². The van der Waals surface area contributed by atoms with E-state index in [0.717, 1.165) is 26.6 Å². The summed E-state index contributed by atoms with van der Waals surface area (Å²) in [5.41, 5.74) is 3.72. The lowest BCUT2D eigenvalue weighted by Crippen LogP contribution is -2.53. The van der Waals surface area contributed by atoms with Crippen molar-refractivity contribution in [2.75, 3.05) is 17.9 Å². The molecule has 0 radical (unpaired) electrons. The van der Waals surface area contributed by atoms with Gasteiger partial charge in [-0.25, -0.2) is 8.42 Å². The lowest BCUT2D eigenvalue weighted by Gasteiger charge is -2.34. The number of carbonyl (C=O) groups is 2. The Labute approximate surface area is 252 Å². The second kappa shape index (κ2) is 13.7. The van der Waals surface area contributed by atoms with E-state index >= 15 is 0 Å². The summed E-state index contributed by atoms with van der Waals surface area (Å²) in [5.74, 6) is -0.898. The summed E-state index contributed by atoms with van der Waals surface area (Å²) < 4.78 is 29.1. The molecule has 0 bridgehead atoms. The number of nitrogens with one attached hydrogen (secondary N) is 1. The number of amides is 2. The number of hydrogen-bond donors (Lipinski definition) is 1. The number of carbonyl (C=O) groups excluding carboxylic acids is 2. The van der Waals surface area contributed by atoms with Crippen molar-refractivity contribution in [3.05, 3.63) is 130 Å². The topological polar surface area (TPSA) is 86.8 Å². The zero-order chi connectivity index (χ0) is 30.3. The predicted octanol–water partition coefficient (Wildman–Crippen LogP) is 5.54. The van der Waals surface area contributed by atoms with Crippen LogP contribution in [-0.4, -0.2) is 44.8 Å². The van der Waals surface area contributed by atoms with Gasteiger partial charge in [0.05, 0.1) is 15.6 Å². The van der Waals surface area contributed by atoms with Gasteiger partial charge in [-0.05, 0) is 54.8 Å².